The van der Waals surface area contributed by atoms with Crippen molar-refractivity contribution in [3.05, 3.63) is 66.5 Å². The summed E-state index contributed by atoms with van der Waals surface area (Å²) < 4.78 is 19.2. The highest BCUT2D eigenvalue weighted by Gasteiger charge is 2.26. The standard InChI is InChI=1S/C25H25FN6O2/c1-15(2)32-7-5-16(6-8-32)25-30-22(14-34-25)24(33)31-23-10-21-17(12-28-23)3-4-20(29-21)18-9-19(26)13-27-11-18/h3-4,9-16H,5-8H2,1-2H3,(H,28,31,33). The molecule has 0 spiro atoms. The van der Waals surface area contributed by atoms with Crippen LogP contribution in [-0.4, -0.2) is 49.9 Å². The minimum atomic E-state index is -0.431. The summed E-state index contributed by atoms with van der Waals surface area (Å²) in [6.45, 7) is 6.38. The summed E-state index contributed by atoms with van der Waals surface area (Å²) in [5.74, 6) is 0.339. The Morgan fingerprint density at radius 2 is 1.97 bits per heavy atom. The first-order valence-electron chi connectivity index (χ1n) is 11.3. The molecule has 4 aromatic rings. The molecule has 0 atom stereocenters. The summed E-state index contributed by atoms with van der Waals surface area (Å²) in [5.41, 5.74) is 1.98. The van der Waals surface area contributed by atoms with Crippen LogP contribution in [0.5, 0.6) is 0 Å². The van der Waals surface area contributed by atoms with Gasteiger partial charge in [0.25, 0.3) is 5.91 Å². The molecule has 1 saturated heterocycles. The van der Waals surface area contributed by atoms with Gasteiger partial charge in [-0.05, 0) is 58.0 Å². The third-order valence-electron chi connectivity index (χ3n) is 6.18. The number of aromatic nitrogens is 4. The second-order valence-corrected chi connectivity index (χ2v) is 8.78. The minimum absolute atomic E-state index is 0.218. The second-order valence-electron chi connectivity index (χ2n) is 8.78. The van der Waals surface area contributed by atoms with Crippen LogP contribution in [0.2, 0.25) is 0 Å². The van der Waals surface area contributed by atoms with Gasteiger partial charge in [0, 0.05) is 41.4 Å². The lowest BCUT2D eigenvalue weighted by Crippen LogP contribution is -2.37. The van der Waals surface area contributed by atoms with Crippen molar-refractivity contribution in [3.8, 4) is 11.3 Å². The summed E-state index contributed by atoms with van der Waals surface area (Å²) in [6.07, 6.45) is 7.64. The predicted octanol–water partition coefficient (Wildman–Crippen LogP) is 4.66. The lowest BCUT2D eigenvalue weighted by atomic mass is 9.96. The predicted molar refractivity (Wildman–Crippen MR) is 126 cm³/mol. The van der Waals surface area contributed by atoms with Crippen molar-refractivity contribution >= 4 is 22.6 Å². The number of anilines is 1. The van der Waals surface area contributed by atoms with Gasteiger partial charge in [-0.15, -0.1) is 0 Å². The first kappa shape index (κ1) is 22.1. The van der Waals surface area contributed by atoms with Crippen LogP contribution in [0.4, 0.5) is 10.2 Å². The van der Waals surface area contributed by atoms with E-state index < -0.39 is 11.7 Å². The molecule has 4 aromatic heterocycles. The molecular formula is C25H25FN6O2. The highest BCUT2D eigenvalue weighted by atomic mass is 19.1. The summed E-state index contributed by atoms with van der Waals surface area (Å²) in [6, 6.07) is 7.19. The highest BCUT2D eigenvalue weighted by molar-refractivity contribution is 6.02. The van der Waals surface area contributed by atoms with Crippen LogP contribution in [0.3, 0.4) is 0 Å². The van der Waals surface area contributed by atoms with Gasteiger partial charge in [0.1, 0.15) is 17.9 Å². The van der Waals surface area contributed by atoms with Crippen LogP contribution >= 0.6 is 0 Å². The third-order valence-corrected chi connectivity index (χ3v) is 6.18. The number of carbonyl (C=O) groups is 1. The zero-order valence-corrected chi connectivity index (χ0v) is 19.0. The lowest BCUT2D eigenvalue weighted by molar-refractivity contribution is 0.102. The number of fused-ring (bicyclic) bond motifs is 1. The van der Waals surface area contributed by atoms with Gasteiger partial charge in [0.2, 0.25) is 0 Å². The van der Waals surface area contributed by atoms with E-state index in [0.29, 0.717) is 34.5 Å². The molecule has 1 fully saturated rings. The number of amides is 1. The first-order chi connectivity index (χ1) is 16.5. The fourth-order valence-electron chi connectivity index (χ4n) is 4.22. The van der Waals surface area contributed by atoms with Gasteiger partial charge in [-0.1, -0.05) is 0 Å². The normalized spacial score (nSPS) is 15.2. The van der Waals surface area contributed by atoms with Crippen LogP contribution in [0.25, 0.3) is 22.2 Å². The molecular weight excluding hydrogens is 435 g/mol. The molecule has 1 aliphatic rings. The number of oxazole rings is 1. The maximum Gasteiger partial charge on any atom is 0.278 e. The van der Waals surface area contributed by atoms with Gasteiger partial charge in [-0.2, -0.15) is 0 Å². The Balaban J connectivity index is 1.30. The number of likely N-dealkylation sites (tertiary alicyclic amines) is 1. The van der Waals surface area contributed by atoms with E-state index in [4.69, 9.17) is 4.42 Å². The van der Waals surface area contributed by atoms with Crippen molar-refractivity contribution in [1.82, 2.24) is 24.8 Å². The number of halogens is 1. The van der Waals surface area contributed by atoms with Crippen LogP contribution in [0.1, 0.15) is 49.0 Å². The SMILES string of the molecule is CC(C)N1CCC(c2nc(C(=O)Nc3cc4nc(-c5cncc(F)c5)ccc4cn3)co2)CC1. The monoisotopic (exact) mass is 460 g/mol. The number of hydrogen-bond acceptors (Lipinski definition) is 7. The zero-order valence-electron chi connectivity index (χ0n) is 19.0. The molecule has 5 rings (SSSR count). The molecule has 0 aliphatic carbocycles. The summed E-state index contributed by atoms with van der Waals surface area (Å²) in [7, 11) is 0. The number of hydrogen-bond donors (Lipinski definition) is 1. The molecule has 0 unspecified atom stereocenters. The highest BCUT2D eigenvalue weighted by Crippen LogP contribution is 2.28. The van der Waals surface area contributed by atoms with Gasteiger partial charge in [-0.25, -0.2) is 19.3 Å². The molecule has 1 aliphatic heterocycles. The Bertz CT molecular complexity index is 1330. The van der Waals surface area contributed by atoms with E-state index in [1.54, 1.807) is 24.5 Å². The number of nitrogens with zero attached hydrogens (tertiary/aromatic N) is 5. The molecule has 174 valence electrons. The van der Waals surface area contributed by atoms with Gasteiger partial charge in [-0.3, -0.25) is 9.78 Å². The van der Waals surface area contributed by atoms with E-state index in [0.717, 1.165) is 37.5 Å². The minimum Gasteiger partial charge on any atom is -0.448 e. The third kappa shape index (κ3) is 4.65. The van der Waals surface area contributed by atoms with E-state index in [2.05, 4.69) is 44.0 Å². The van der Waals surface area contributed by atoms with Crippen molar-refractivity contribution in [2.45, 2.75) is 38.6 Å². The molecule has 1 N–H and O–H groups in total. The lowest BCUT2D eigenvalue weighted by Gasteiger charge is -2.33. The molecule has 0 aromatic carbocycles. The van der Waals surface area contributed by atoms with Crippen LogP contribution in [0.15, 0.2) is 53.5 Å². The Morgan fingerprint density at radius 3 is 2.74 bits per heavy atom. The first-order valence-corrected chi connectivity index (χ1v) is 11.3. The molecule has 1 amide bonds. The molecule has 0 bridgehead atoms. The summed E-state index contributed by atoms with van der Waals surface area (Å²) >= 11 is 0. The van der Waals surface area contributed by atoms with Crippen molar-refractivity contribution in [3.63, 3.8) is 0 Å². The van der Waals surface area contributed by atoms with Gasteiger partial charge in [0.05, 0.1) is 17.4 Å². The topological polar surface area (TPSA) is 97.0 Å². The average molecular weight is 461 g/mol. The van der Waals surface area contributed by atoms with Gasteiger partial charge >= 0.3 is 0 Å². The van der Waals surface area contributed by atoms with Crippen LogP contribution < -0.4 is 5.32 Å². The van der Waals surface area contributed by atoms with E-state index in [1.165, 1.54) is 12.3 Å². The van der Waals surface area contributed by atoms with Crippen molar-refractivity contribution < 1.29 is 13.6 Å². The molecule has 9 heteroatoms. The Kier molecular flexibility index (Phi) is 6.02. The number of rotatable bonds is 5. The zero-order chi connectivity index (χ0) is 23.7. The largest absolute Gasteiger partial charge is 0.448 e. The Hall–Kier alpha value is -3.72. The van der Waals surface area contributed by atoms with Crippen molar-refractivity contribution in [2.75, 3.05) is 18.4 Å². The number of nitrogens with one attached hydrogen (secondary N) is 1. The number of carbonyl (C=O) groups excluding carboxylic acids is 1. The van der Waals surface area contributed by atoms with Gasteiger partial charge in [0.15, 0.2) is 11.6 Å². The smallest absolute Gasteiger partial charge is 0.278 e. The van der Waals surface area contributed by atoms with E-state index in [1.807, 2.05) is 6.07 Å². The maximum absolute atomic E-state index is 13.5. The molecule has 5 heterocycles. The van der Waals surface area contributed by atoms with Crippen LogP contribution in [-0.2, 0) is 0 Å². The fourth-order valence-corrected chi connectivity index (χ4v) is 4.22. The van der Waals surface area contributed by atoms with Crippen LogP contribution in [0, 0.1) is 5.82 Å². The average Bonchev–Trinajstić information content (AvgIpc) is 3.34. The Labute approximate surface area is 196 Å². The second kappa shape index (κ2) is 9.26. The fraction of sp³-hybridized carbons (Fsp3) is 0.320. The van der Waals surface area contributed by atoms with Crippen molar-refractivity contribution in [2.24, 2.45) is 0 Å². The molecule has 0 saturated carbocycles. The molecule has 0 radical (unpaired) electrons. The van der Waals surface area contributed by atoms with Crippen molar-refractivity contribution in [1.29, 1.82) is 0 Å². The number of pyridine rings is 3. The molecule has 8 nitrogen and oxygen atoms in total. The van der Waals surface area contributed by atoms with E-state index >= 15 is 0 Å². The Morgan fingerprint density at radius 1 is 1.15 bits per heavy atom. The number of piperidine rings is 1. The summed E-state index contributed by atoms with van der Waals surface area (Å²) in [5, 5.41) is 3.56. The molecule has 34 heavy (non-hydrogen) atoms. The van der Waals surface area contributed by atoms with Gasteiger partial charge < -0.3 is 14.6 Å². The van der Waals surface area contributed by atoms with E-state index in [9.17, 15) is 9.18 Å². The van der Waals surface area contributed by atoms with E-state index in [-0.39, 0.29) is 11.6 Å². The maximum atomic E-state index is 13.5. The quantitative estimate of drug-likeness (QED) is 0.463. The summed E-state index contributed by atoms with van der Waals surface area (Å²) in [4.78, 5) is 32.4.